The maximum Gasteiger partial charge on any atom is 0.192 e. The van der Waals surface area contributed by atoms with E-state index in [-0.39, 0.29) is 11.9 Å². The second-order valence-electron chi connectivity index (χ2n) is 5.92. The molecule has 1 aromatic carbocycles. The van der Waals surface area contributed by atoms with Crippen LogP contribution in [0.4, 0.5) is 0 Å². The number of carbonyl (C=O) groups excluding carboxylic acids is 1. The Balaban J connectivity index is 1.91. The zero-order valence-corrected chi connectivity index (χ0v) is 12.0. The van der Waals surface area contributed by atoms with Crippen LogP contribution < -0.4 is 5.73 Å². The summed E-state index contributed by atoms with van der Waals surface area (Å²) in [6.45, 7) is 5.67. The first kappa shape index (κ1) is 13.3. The van der Waals surface area contributed by atoms with Gasteiger partial charge in [0.25, 0.3) is 0 Å². The Bertz CT molecular complexity index is 586. The summed E-state index contributed by atoms with van der Waals surface area (Å²) in [6, 6.07) is 7.84. The molecule has 4 nitrogen and oxygen atoms in total. The number of fused-ring (bicyclic) bond motifs is 1. The van der Waals surface area contributed by atoms with Crippen molar-refractivity contribution in [1.82, 2.24) is 0 Å². The quantitative estimate of drug-likeness (QED) is 0.796. The van der Waals surface area contributed by atoms with Gasteiger partial charge in [-0.2, -0.15) is 0 Å². The van der Waals surface area contributed by atoms with E-state index >= 15 is 0 Å². The Morgan fingerprint density at radius 2 is 1.90 bits per heavy atom. The molecule has 2 aliphatic rings. The molecule has 1 saturated carbocycles. The maximum absolute atomic E-state index is 12.4. The number of nitrogens with two attached hydrogens (primary N) is 1. The van der Waals surface area contributed by atoms with Crippen molar-refractivity contribution in [3.63, 3.8) is 0 Å². The minimum Gasteiger partial charge on any atom is -0.398 e. The lowest BCUT2D eigenvalue weighted by molar-refractivity contribution is -0.156. The monoisotopic (exact) mass is 273 g/mol. The van der Waals surface area contributed by atoms with Crippen LogP contribution in [0.25, 0.3) is 5.70 Å². The van der Waals surface area contributed by atoms with Crippen molar-refractivity contribution in [2.24, 2.45) is 5.73 Å². The highest BCUT2D eigenvalue weighted by Crippen LogP contribution is 2.40. The number of rotatable bonds is 1. The van der Waals surface area contributed by atoms with Gasteiger partial charge < -0.3 is 15.2 Å². The average molecular weight is 273 g/mol. The van der Waals surface area contributed by atoms with Gasteiger partial charge in [0.05, 0.1) is 6.10 Å². The molecule has 2 fully saturated rings. The Morgan fingerprint density at radius 3 is 2.50 bits per heavy atom. The summed E-state index contributed by atoms with van der Waals surface area (Å²) in [4.78, 5) is 12.4. The molecule has 1 aliphatic heterocycles. The molecule has 0 amide bonds. The Labute approximate surface area is 118 Å². The Kier molecular flexibility index (Phi) is 2.96. The van der Waals surface area contributed by atoms with Crippen LogP contribution in [0.3, 0.4) is 0 Å². The molecule has 2 N–H and O–H groups in total. The van der Waals surface area contributed by atoms with Gasteiger partial charge in [0.2, 0.25) is 0 Å². The predicted octanol–water partition coefficient (Wildman–Crippen LogP) is 2.16. The van der Waals surface area contributed by atoms with Crippen molar-refractivity contribution < 1.29 is 14.3 Å². The lowest BCUT2D eigenvalue weighted by Gasteiger charge is -2.18. The molecule has 0 unspecified atom stereocenters. The smallest absolute Gasteiger partial charge is 0.192 e. The van der Waals surface area contributed by atoms with Gasteiger partial charge in [-0.05, 0) is 26.3 Å². The number of hydrogen-bond donors (Lipinski definition) is 1. The number of benzene rings is 1. The number of carbonyl (C=O) groups is 1. The van der Waals surface area contributed by atoms with Gasteiger partial charge >= 0.3 is 0 Å². The fourth-order valence-corrected chi connectivity index (χ4v) is 2.83. The van der Waals surface area contributed by atoms with Gasteiger partial charge in [-0.15, -0.1) is 0 Å². The van der Waals surface area contributed by atoms with E-state index < -0.39 is 11.9 Å². The second-order valence-corrected chi connectivity index (χ2v) is 5.92. The predicted molar refractivity (Wildman–Crippen MR) is 75.7 cm³/mol. The normalized spacial score (nSPS) is 30.4. The van der Waals surface area contributed by atoms with Crippen molar-refractivity contribution in [3.8, 4) is 0 Å². The van der Waals surface area contributed by atoms with Crippen LogP contribution in [0, 0.1) is 6.92 Å². The molecule has 1 aliphatic carbocycles. The molecule has 1 saturated heterocycles. The first-order valence-corrected chi connectivity index (χ1v) is 6.83. The number of ether oxygens (including phenoxy) is 2. The van der Waals surface area contributed by atoms with Crippen LogP contribution in [0.5, 0.6) is 0 Å². The number of Topliss-reactive ketones (excluding diaryl/α,β-unsaturated/α-hetero) is 1. The molecule has 0 bridgehead atoms. The molecular formula is C16H19NO3. The van der Waals surface area contributed by atoms with E-state index in [0.717, 1.165) is 11.1 Å². The van der Waals surface area contributed by atoms with Crippen LogP contribution >= 0.6 is 0 Å². The average Bonchev–Trinajstić information content (AvgIpc) is 2.84. The lowest BCUT2D eigenvalue weighted by atomic mass is 10.0. The molecule has 0 aromatic heterocycles. The summed E-state index contributed by atoms with van der Waals surface area (Å²) < 4.78 is 11.4. The largest absolute Gasteiger partial charge is 0.398 e. The molecule has 1 aromatic rings. The fourth-order valence-electron chi connectivity index (χ4n) is 2.83. The van der Waals surface area contributed by atoms with E-state index in [4.69, 9.17) is 15.2 Å². The molecule has 2 atom stereocenters. The topological polar surface area (TPSA) is 61.6 Å². The Morgan fingerprint density at radius 1 is 1.25 bits per heavy atom. The van der Waals surface area contributed by atoms with Gasteiger partial charge in [0, 0.05) is 17.7 Å². The van der Waals surface area contributed by atoms with E-state index in [2.05, 4.69) is 0 Å². The third-order valence-corrected chi connectivity index (χ3v) is 3.83. The van der Waals surface area contributed by atoms with Crippen molar-refractivity contribution in [1.29, 1.82) is 0 Å². The van der Waals surface area contributed by atoms with Crippen molar-refractivity contribution >= 4 is 11.5 Å². The highest BCUT2D eigenvalue weighted by molar-refractivity contribution is 6.07. The third kappa shape index (κ3) is 2.15. The minimum atomic E-state index is -0.685. The summed E-state index contributed by atoms with van der Waals surface area (Å²) >= 11 is 0. The highest BCUT2D eigenvalue weighted by atomic mass is 16.8. The number of aryl methyl sites for hydroxylation is 1. The SMILES string of the molecule is Cc1ccc(/C(N)=C2/C[C@@H]3OC(C)(C)O[C@@H]3C2=O)cc1. The van der Waals surface area contributed by atoms with Crippen LogP contribution in [0.15, 0.2) is 29.8 Å². The van der Waals surface area contributed by atoms with Crippen molar-refractivity contribution in [2.75, 3.05) is 0 Å². The van der Waals surface area contributed by atoms with Gasteiger partial charge in [0.1, 0.15) is 6.10 Å². The molecule has 3 rings (SSSR count). The van der Waals surface area contributed by atoms with E-state index in [1.165, 1.54) is 0 Å². The summed E-state index contributed by atoms with van der Waals surface area (Å²) in [5, 5.41) is 0. The summed E-state index contributed by atoms with van der Waals surface area (Å²) in [5.74, 6) is -0.728. The number of hydrogen-bond acceptors (Lipinski definition) is 4. The lowest BCUT2D eigenvalue weighted by Crippen LogP contribution is -2.26. The first-order chi connectivity index (χ1) is 9.37. The van der Waals surface area contributed by atoms with Gasteiger partial charge in [-0.25, -0.2) is 0 Å². The molecule has 106 valence electrons. The van der Waals surface area contributed by atoms with E-state index in [0.29, 0.717) is 17.7 Å². The summed E-state index contributed by atoms with van der Waals surface area (Å²) in [7, 11) is 0. The van der Waals surface area contributed by atoms with Gasteiger partial charge in [-0.3, -0.25) is 4.79 Å². The van der Waals surface area contributed by atoms with Crippen LogP contribution in [0.1, 0.15) is 31.4 Å². The molecule has 0 radical (unpaired) electrons. The minimum absolute atomic E-state index is 0.0429. The summed E-state index contributed by atoms with van der Waals surface area (Å²) in [5.41, 5.74) is 9.36. The molecule has 1 heterocycles. The van der Waals surface area contributed by atoms with Gasteiger partial charge in [0.15, 0.2) is 11.6 Å². The van der Waals surface area contributed by atoms with Gasteiger partial charge in [-0.1, -0.05) is 29.8 Å². The second kappa shape index (κ2) is 4.43. The summed E-state index contributed by atoms with van der Waals surface area (Å²) in [6.07, 6.45) is -0.201. The highest BCUT2D eigenvalue weighted by Gasteiger charge is 2.51. The fraction of sp³-hybridized carbons (Fsp3) is 0.438. The van der Waals surface area contributed by atoms with Crippen LogP contribution in [-0.4, -0.2) is 23.8 Å². The van der Waals surface area contributed by atoms with E-state index in [1.54, 1.807) is 0 Å². The molecule has 20 heavy (non-hydrogen) atoms. The Hall–Kier alpha value is -1.65. The standard InChI is InChI=1S/C16H19NO3/c1-9-4-6-10(7-5-9)13(17)11-8-12-15(14(11)18)20-16(2,3)19-12/h4-7,12,15H,8,17H2,1-3H3/b13-11+/t12-,15-/m0/s1. The zero-order valence-electron chi connectivity index (χ0n) is 12.0. The molecule has 4 heteroatoms. The van der Waals surface area contributed by atoms with E-state index in [1.807, 2.05) is 45.0 Å². The third-order valence-electron chi connectivity index (χ3n) is 3.83. The van der Waals surface area contributed by atoms with Crippen LogP contribution in [0.2, 0.25) is 0 Å². The van der Waals surface area contributed by atoms with Crippen LogP contribution in [-0.2, 0) is 14.3 Å². The van der Waals surface area contributed by atoms with Crippen molar-refractivity contribution in [3.05, 3.63) is 41.0 Å². The first-order valence-electron chi connectivity index (χ1n) is 6.83. The maximum atomic E-state index is 12.4. The number of ketones is 1. The molecular weight excluding hydrogens is 254 g/mol. The van der Waals surface area contributed by atoms with Crippen molar-refractivity contribution in [2.45, 2.75) is 45.2 Å². The van der Waals surface area contributed by atoms with E-state index in [9.17, 15) is 4.79 Å². The molecule has 0 spiro atoms. The zero-order chi connectivity index (χ0) is 14.5.